The van der Waals surface area contributed by atoms with Crippen molar-refractivity contribution in [2.45, 2.75) is 39.8 Å². The van der Waals surface area contributed by atoms with Crippen molar-refractivity contribution < 1.29 is 21.0 Å². The largest absolute Gasteiger partial charge is 0.424 e. The van der Waals surface area contributed by atoms with Crippen LogP contribution in [-0.2, 0) is 0 Å². The fraction of sp³-hybridized carbons (Fsp3) is 1.00. The van der Waals surface area contributed by atoms with Crippen molar-refractivity contribution in [1.82, 2.24) is 4.67 Å². The average Bonchev–Trinajstić information content (AvgIpc) is 1.90. The third kappa shape index (κ3) is 3.66. The number of rotatable bonds is 3. The highest BCUT2D eigenvalue weighted by Gasteiger charge is 2.44. The molecule has 1 atom stereocenters. The summed E-state index contributed by atoms with van der Waals surface area (Å²) < 4.78 is 75.1. The van der Waals surface area contributed by atoms with Crippen molar-refractivity contribution in [3.8, 4) is 0 Å². The molecule has 1 unspecified atom stereocenters. The van der Waals surface area contributed by atoms with Gasteiger partial charge in [-0.05, 0) is 27.7 Å². The molecule has 12 heteroatoms. The Morgan fingerprint density at radius 1 is 0.722 bits per heavy atom. The molecule has 0 N–H and O–H groups in total. The molecule has 0 saturated carbocycles. The molecule has 0 aromatic heterocycles. The van der Waals surface area contributed by atoms with Crippen LogP contribution in [0.3, 0.4) is 0 Å². The second-order valence-corrected chi connectivity index (χ2v) is 9.66. The standard InChI is InChI=1S/C6H14F5N4P3/c1-5(2)15(6(3)4)18(11)13-16(7,8)12-17(9,10)14-18/h5-6H,1-4H3. The van der Waals surface area contributed by atoms with E-state index in [1.54, 1.807) is 0 Å². The lowest BCUT2D eigenvalue weighted by atomic mass is 10.3. The maximum absolute atomic E-state index is 14.5. The molecule has 0 bridgehead atoms. The van der Waals surface area contributed by atoms with Gasteiger partial charge >= 0.3 is 23.3 Å². The summed E-state index contributed by atoms with van der Waals surface area (Å²) in [5.74, 6) is 0. The average molecular weight is 330 g/mol. The monoisotopic (exact) mass is 330 g/mol. The first kappa shape index (κ1) is 16.4. The third-order valence-corrected chi connectivity index (χ3v) is 8.79. The molecule has 0 saturated heterocycles. The fourth-order valence-corrected chi connectivity index (χ4v) is 8.27. The quantitative estimate of drug-likeness (QED) is 0.414. The maximum atomic E-state index is 14.5. The molecular formula is C6H14F5N4P3. The minimum atomic E-state index is -5.62. The Labute approximate surface area is 103 Å². The lowest BCUT2D eigenvalue weighted by Crippen LogP contribution is -2.32. The first-order valence-corrected chi connectivity index (χ1v) is 9.56. The predicted octanol–water partition coefficient (Wildman–Crippen LogP) is 6.80. The van der Waals surface area contributed by atoms with E-state index in [0.717, 1.165) is 4.67 Å². The summed E-state index contributed by atoms with van der Waals surface area (Å²) in [6, 6.07) is -1.12. The number of hydrogen-bond donors (Lipinski definition) is 0. The van der Waals surface area contributed by atoms with Gasteiger partial charge in [-0.1, -0.05) is 0 Å². The van der Waals surface area contributed by atoms with Gasteiger partial charge in [0.05, 0.1) is 0 Å². The smallest absolute Gasteiger partial charge is 0.221 e. The fourth-order valence-electron chi connectivity index (χ4n) is 1.73. The second kappa shape index (κ2) is 5.01. The van der Waals surface area contributed by atoms with E-state index in [-0.39, 0.29) is 0 Å². The minimum absolute atomic E-state index is 0.561. The number of hydrogen-bond acceptors (Lipinski definition) is 4. The maximum Gasteiger partial charge on any atom is 0.424 e. The highest BCUT2D eigenvalue weighted by Crippen LogP contribution is 2.82. The van der Waals surface area contributed by atoms with Gasteiger partial charge in [0, 0.05) is 12.1 Å². The summed E-state index contributed by atoms with van der Waals surface area (Å²) in [5, 5.41) is 0. The van der Waals surface area contributed by atoms with E-state index in [0.29, 0.717) is 0 Å². The van der Waals surface area contributed by atoms with E-state index >= 15 is 0 Å². The molecule has 18 heavy (non-hydrogen) atoms. The highest BCUT2D eigenvalue weighted by molar-refractivity contribution is 7.78. The van der Waals surface area contributed by atoms with Crippen molar-refractivity contribution in [2.24, 2.45) is 13.5 Å². The molecule has 0 aromatic carbocycles. The SMILES string of the molecule is CC(C)N(C(C)C)P1(F)=NP(F)(F)=NP(F)(F)=N1. The highest BCUT2D eigenvalue weighted by atomic mass is 31.3. The zero-order valence-electron chi connectivity index (χ0n) is 10.2. The van der Waals surface area contributed by atoms with E-state index in [2.05, 4.69) is 9.03 Å². The molecular weight excluding hydrogens is 316 g/mol. The molecule has 0 fully saturated rings. The summed E-state index contributed by atoms with van der Waals surface area (Å²) in [6.07, 6.45) is 0. The van der Waals surface area contributed by atoms with Crippen LogP contribution in [0.4, 0.5) is 21.0 Å². The van der Waals surface area contributed by atoms with Crippen LogP contribution in [0.15, 0.2) is 13.5 Å². The van der Waals surface area contributed by atoms with Gasteiger partial charge in [-0.2, -0.15) is 4.20 Å². The molecule has 0 aliphatic carbocycles. The van der Waals surface area contributed by atoms with E-state index in [9.17, 15) is 21.0 Å². The van der Waals surface area contributed by atoms with Crippen LogP contribution in [0.25, 0.3) is 0 Å². The molecule has 108 valence electrons. The van der Waals surface area contributed by atoms with Crippen molar-refractivity contribution in [2.75, 3.05) is 0 Å². The van der Waals surface area contributed by atoms with Gasteiger partial charge in [0.2, 0.25) is 0 Å². The molecule has 1 aliphatic rings. The molecule has 1 heterocycles. The molecule has 0 spiro atoms. The van der Waals surface area contributed by atoms with Gasteiger partial charge < -0.3 is 0 Å². The summed E-state index contributed by atoms with van der Waals surface area (Å²) in [4.78, 5) is 0. The Morgan fingerprint density at radius 2 is 1.11 bits per heavy atom. The summed E-state index contributed by atoms with van der Waals surface area (Å²) in [5.41, 5.74) is 0. The Kier molecular flexibility index (Phi) is 4.55. The first-order valence-electron chi connectivity index (χ1n) is 5.07. The predicted molar refractivity (Wildman–Crippen MR) is 65.7 cm³/mol. The molecule has 0 amide bonds. The van der Waals surface area contributed by atoms with Crippen LogP contribution >= 0.6 is 23.3 Å². The summed E-state index contributed by atoms with van der Waals surface area (Å²) in [6.45, 7) is 6.08. The van der Waals surface area contributed by atoms with Crippen LogP contribution in [-0.4, -0.2) is 16.8 Å². The van der Waals surface area contributed by atoms with Gasteiger partial charge in [-0.15, -0.1) is 30.3 Å². The molecule has 1 rings (SSSR count). The van der Waals surface area contributed by atoms with Crippen molar-refractivity contribution in [3.05, 3.63) is 0 Å². The Balaban J connectivity index is 3.51. The van der Waals surface area contributed by atoms with Gasteiger partial charge in [-0.25, -0.2) is 4.67 Å². The normalized spacial score (nSPS) is 30.0. The Bertz CT molecular complexity index is 474. The molecule has 1 aliphatic heterocycles. The molecule has 4 nitrogen and oxygen atoms in total. The zero-order valence-corrected chi connectivity index (χ0v) is 12.9. The summed E-state index contributed by atoms with van der Waals surface area (Å²) in [7, 11) is -16.0. The van der Waals surface area contributed by atoms with Gasteiger partial charge in [0.15, 0.2) is 0 Å². The Hall–Kier alpha value is 0.300. The van der Waals surface area contributed by atoms with Crippen LogP contribution in [0.5, 0.6) is 0 Å². The van der Waals surface area contributed by atoms with Crippen LogP contribution < -0.4 is 0 Å². The Morgan fingerprint density at radius 3 is 1.44 bits per heavy atom. The van der Waals surface area contributed by atoms with Crippen LogP contribution in [0.1, 0.15) is 27.7 Å². The van der Waals surface area contributed by atoms with Crippen LogP contribution in [0.2, 0.25) is 0 Å². The molecule has 0 radical (unpaired) electrons. The molecule has 0 aromatic rings. The lowest BCUT2D eigenvalue weighted by molar-refractivity contribution is 0.305. The van der Waals surface area contributed by atoms with Crippen molar-refractivity contribution >= 4 is 23.3 Å². The van der Waals surface area contributed by atoms with Gasteiger partial charge in [0.25, 0.3) is 0 Å². The second-order valence-electron chi connectivity index (χ2n) is 4.24. The van der Waals surface area contributed by atoms with E-state index in [1.165, 1.54) is 27.7 Å². The third-order valence-electron chi connectivity index (χ3n) is 2.01. The minimum Gasteiger partial charge on any atom is -0.221 e. The van der Waals surface area contributed by atoms with Crippen molar-refractivity contribution in [3.63, 3.8) is 0 Å². The summed E-state index contributed by atoms with van der Waals surface area (Å²) >= 11 is 0. The number of halogens is 5. The first-order chi connectivity index (χ1) is 7.89. The van der Waals surface area contributed by atoms with E-state index < -0.39 is 35.4 Å². The lowest BCUT2D eigenvalue weighted by Gasteiger charge is -2.34. The van der Waals surface area contributed by atoms with E-state index in [1.807, 2.05) is 4.52 Å². The van der Waals surface area contributed by atoms with Crippen molar-refractivity contribution in [1.29, 1.82) is 0 Å². The number of nitrogens with zero attached hydrogens (tertiary/aromatic N) is 4. The van der Waals surface area contributed by atoms with E-state index in [4.69, 9.17) is 0 Å². The zero-order chi connectivity index (χ0) is 14.4. The van der Waals surface area contributed by atoms with Gasteiger partial charge in [0.1, 0.15) is 0 Å². The topological polar surface area (TPSA) is 40.3 Å². The van der Waals surface area contributed by atoms with Gasteiger partial charge in [-0.3, -0.25) is 0 Å². The van der Waals surface area contributed by atoms with Crippen LogP contribution in [0, 0.1) is 0 Å².